The SMILES string of the molecule is OC1CCCCCC/C1=C\Br. The number of aliphatic hydroxyl groups excluding tert-OH is 1. The van der Waals surface area contributed by atoms with Gasteiger partial charge in [0.2, 0.25) is 0 Å². The molecule has 0 aromatic carbocycles. The van der Waals surface area contributed by atoms with Crippen molar-refractivity contribution >= 4 is 15.9 Å². The molecule has 0 spiro atoms. The Morgan fingerprint density at radius 3 is 2.73 bits per heavy atom. The lowest BCUT2D eigenvalue weighted by Gasteiger charge is -2.17. The monoisotopic (exact) mass is 218 g/mol. The third kappa shape index (κ3) is 2.96. The Balaban J connectivity index is 2.46. The second kappa shape index (κ2) is 4.94. The van der Waals surface area contributed by atoms with Crippen molar-refractivity contribution in [1.82, 2.24) is 0 Å². The highest BCUT2D eigenvalue weighted by atomic mass is 79.9. The van der Waals surface area contributed by atoms with E-state index in [1.54, 1.807) is 0 Å². The number of aliphatic hydroxyl groups is 1. The Hall–Kier alpha value is 0.180. The summed E-state index contributed by atoms with van der Waals surface area (Å²) >= 11 is 3.29. The highest BCUT2D eigenvalue weighted by Crippen LogP contribution is 2.22. The molecule has 2 heteroatoms. The van der Waals surface area contributed by atoms with Crippen LogP contribution in [0.15, 0.2) is 10.6 Å². The fraction of sp³-hybridized carbons (Fsp3) is 0.778. The molecule has 1 aliphatic carbocycles. The smallest absolute Gasteiger partial charge is 0.0758 e. The summed E-state index contributed by atoms with van der Waals surface area (Å²) in [7, 11) is 0. The second-order valence-corrected chi connectivity index (χ2v) is 3.61. The van der Waals surface area contributed by atoms with Gasteiger partial charge in [0.05, 0.1) is 6.10 Å². The Labute approximate surface area is 76.6 Å². The van der Waals surface area contributed by atoms with Gasteiger partial charge in [-0.15, -0.1) is 0 Å². The van der Waals surface area contributed by atoms with Crippen molar-refractivity contribution in [1.29, 1.82) is 0 Å². The fourth-order valence-corrected chi connectivity index (χ4v) is 2.03. The predicted molar refractivity (Wildman–Crippen MR) is 50.7 cm³/mol. The first-order valence-corrected chi connectivity index (χ1v) is 5.23. The van der Waals surface area contributed by atoms with Crippen LogP contribution >= 0.6 is 15.9 Å². The Bertz CT molecular complexity index is 142. The molecule has 0 aliphatic heterocycles. The van der Waals surface area contributed by atoms with Gasteiger partial charge in [-0.25, -0.2) is 0 Å². The fourth-order valence-electron chi connectivity index (χ4n) is 1.50. The zero-order valence-electron chi connectivity index (χ0n) is 6.72. The summed E-state index contributed by atoms with van der Waals surface area (Å²) < 4.78 is 0. The van der Waals surface area contributed by atoms with Crippen LogP contribution in [0, 0.1) is 0 Å². The van der Waals surface area contributed by atoms with Gasteiger partial charge in [0, 0.05) is 0 Å². The minimum absolute atomic E-state index is 0.185. The molecule has 1 saturated carbocycles. The molecule has 1 rings (SSSR count). The zero-order chi connectivity index (χ0) is 8.10. The van der Waals surface area contributed by atoms with E-state index in [2.05, 4.69) is 15.9 Å². The third-order valence-corrected chi connectivity index (χ3v) is 2.85. The van der Waals surface area contributed by atoms with Crippen molar-refractivity contribution in [2.45, 2.75) is 44.6 Å². The van der Waals surface area contributed by atoms with Crippen LogP contribution in [0.25, 0.3) is 0 Å². The normalized spacial score (nSPS) is 31.5. The summed E-state index contributed by atoms with van der Waals surface area (Å²) in [6.07, 6.45) is 6.82. The highest BCUT2D eigenvalue weighted by Gasteiger charge is 2.12. The average Bonchev–Trinajstić information content (AvgIpc) is 1.98. The van der Waals surface area contributed by atoms with E-state index in [1.807, 2.05) is 4.99 Å². The maximum atomic E-state index is 9.58. The number of halogens is 1. The quantitative estimate of drug-likeness (QED) is 0.664. The Morgan fingerprint density at radius 2 is 2.00 bits per heavy atom. The van der Waals surface area contributed by atoms with E-state index in [0.717, 1.165) is 12.8 Å². The lowest BCUT2D eigenvalue weighted by atomic mass is 9.95. The minimum atomic E-state index is -0.185. The van der Waals surface area contributed by atoms with Crippen LogP contribution in [0.3, 0.4) is 0 Å². The van der Waals surface area contributed by atoms with Gasteiger partial charge in [0.25, 0.3) is 0 Å². The summed E-state index contributed by atoms with van der Waals surface area (Å²) in [5.41, 5.74) is 1.17. The number of hydrogen-bond acceptors (Lipinski definition) is 1. The van der Waals surface area contributed by atoms with Crippen LogP contribution in [0.5, 0.6) is 0 Å². The maximum Gasteiger partial charge on any atom is 0.0758 e. The molecular weight excluding hydrogens is 204 g/mol. The summed E-state index contributed by atoms with van der Waals surface area (Å²) in [6, 6.07) is 0. The molecular formula is C9H15BrO. The molecule has 64 valence electrons. The molecule has 11 heavy (non-hydrogen) atoms. The van der Waals surface area contributed by atoms with E-state index in [-0.39, 0.29) is 6.10 Å². The molecule has 0 radical (unpaired) electrons. The lowest BCUT2D eigenvalue weighted by Crippen LogP contribution is -2.11. The van der Waals surface area contributed by atoms with Gasteiger partial charge in [0.15, 0.2) is 0 Å². The van der Waals surface area contributed by atoms with Crippen LogP contribution in [-0.4, -0.2) is 11.2 Å². The Kier molecular flexibility index (Phi) is 4.16. The van der Waals surface area contributed by atoms with E-state index in [9.17, 15) is 5.11 Å². The number of rotatable bonds is 0. The van der Waals surface area contributed by atoms with Gasteiger partial charge in [-0.3, -0.25) is 0 Å². The topological polar surface area (TPSA) is 20.2 Å². The van der Waals surface area contributed by atoms with Crippen molar-refractivity contribution in [3.63, 3.8) is 0 Å². The van der Waals surface area contributed by atoms with Gasteiger partial charge in [-0.05, 0) is 29.8 Å². The van der Waals surface area contributed by atoms with Gasteiger partial charge in [-0.2, -0.15) is 0 Å². The molecule has 0 amide bonds. The first-order chi connectivity index (χ1) is 5.34. The first kappa shape index (κ1) is 9.27. The summed E-state index contributed by atoms with van der Waals surface area (Å²) in [5, 5.41) is 9.58. The molecule has 0 bridgehead atoms. The van der Waals surface area contributed by atoms with E-state index < -0.39 is 0 Å². The molecule has 0 aromatic heterocycles. The molecule has 1 nitrogen and oxygen atoms in total. The van der Waals surface area contributed by atoms with E-state index in [4.69, 9.17) is 0 Å². The van der Waals surface area contributed by atoms with Gasteiger partial charge >= 0.3 is 0 Å². The van der Waals surface area contributed by atoms with E-state index in [1.165, 1.54) is 31.3 Å². The van der Waals surface area contributed by atoms with Crippen molar-refractivity contribution in [2.75, 3.05) is 0 Å². The molecule has 1 N–H and O–H groups in total. The summed E-state index contributed by atoms with van der Waals surface area (Å²) in [6.45, 7) is 0. The summed E-state index contributed by atoms with van der Waals surface area (Å²) in [5.74, 6) is 0. The van der Waals surface area contributed by atoms with Crippen LogP contribution < -0.4 is 0 Å². The largest absolute Gasteiger partial charge is 0.389 e. The molecule has 0 heterocycles. The lowest BCUT2D eigenvalue weighted by molar-refractivity contribution is 0.187. The predicted octanol–water partition coefficient (Wildman–Crippen LogP) is 2.98. The highest BCUT2D eigenvalue weighted by molar-refractivity contribution is 9.11. The molecule has 1 fully saturated rings. The van der Waals surface area contributed by atoms with Crippen molar-refractivity contribution in [2.24, 2.45) is 0 Å². The molecule has 1 atom stereocenters. The van der Waals surface area contributed by atoms with E-state index >= 15 is 0 Å². The third-order valence-electron chi connectivity index (χ3n) is 2.26. The Morgan fingerprint density at radius 1 is 1.27 bits per heavy atom. The van der Waals surface area contributed by atoms with Gasteiger partial charge < -0.3 is 5.11 Å². The summed E-state index contributed by atoms with van der Waals surface area (Å²) in [4.78, 5) is 1.89. The molecule has 0 aromatic rings. The zero-order valence-corrected chi connectivity index (χ0v) is 8.31. The second-order valence-electron chi connectivity index (χ2n) is 3.15. The van der Waals surface area contributed by atoms with Crippen LogP contribution in [-0.2, 0) is 0 Å². The average molecular weight is 219 g/mol. The van der Waals surface area contributed by atoms with Crippen LogP contribution in [0.4, 0.5) is 0 Å². The number of hydrogen-bond donors (Lipinski definition) is 1. The minimum Gasteiger partial charge on any atom is -0.389 e. The standard InChI is InChI=1S/C9H15BrO/c10-7-8-5-3-1-2-4-6-9(8)11/h7,9,11H,1-6H2/b8-7+. The van der Waals surface area contributed by atoms with Crippen LogP contribution in [0.1, 0.15) is 38.5 Å². The molecule has 1 aliphatic rings. The van der Waals surface area contributed by atoms with E-state index in [0.29, 0.717) is 0 Å². The molecule has 1 unspecified atom stereocenters. The van der Waals surface area contributed by atoms with Gasteiger partial charge in [-0.1, -0.05) is 35.2 Å². The maximum absolute atomic E-state index is 9.58. The van der Waals surface area contributed by atoms with Crippen molar-refractivity contribution < 1.29 is 5.11 Å². The van der Waals surface area contributed by atoms with Crippen molar-refractivity contribution in [3.8, 4) is 0 Å². The van der Waals surface area contributed by atoms with Crippen LogP contribution in [0.2, 0.25) is 0 Å². The first-order valence-electron chi connectivity index (χ1n) is 4.32. The van der Waals surface area contributed by atoms with Crippen molar-refractivity contribution in [3.05, 3.63) is 10.6 Å². The van der Waals surface area contributed by atoms with Gasteiger partial charge in [0.1, 0.15) is 0 Å². The molecule has 0 saturated heterocycles.